The highest BCUT2D eigenvalue weighted by atomic mass is 32.2. The van der Waals surface area contributed by atoms with Crippen molar-refractivity contribution < 1.29 is 30.8 Å². The fourth-order valence-corrected chi connectivity index (χ4v) is 3.37. The topological polar surface area (TPSA) is 79.4 Å². The van der Waals surface area contributed by atoms with Crippen molar-refractivity contribution in [3.8, 4) is 0 Å². The number of carbonyl (C=O) groups excluding carboxylic acids is 1. The molecule has 0 aliphatic heterocycles. The lowest BCUT2D eigenvalue weighted by molar-refractivity contribution is -0.140. The normalized spacial score (nSPS) is 12.4. The number of hydrogen-bond acceptors (Lipinski definition) is 5. The van der Waals surface area contributed by atoms with Crippen molar-refractivity contribution >= 4 is 32.4 Å². The van der Waals surface area contributed by atoms with Crippen LogP contribution in [-0.2, 0) is 16.2 Å². The maximum Gasteiger partial charge on any atom is 0.434 e. The molecule has 1 heterocycles. The first kappa shape index (κ1) is 19.3. The highest BCUT2D eigenvalue weighted by Crippen LogP contribution is 2.31. The van der Waals surface area contributed by atoms with Gasteiger partial charge in [-0.1, -0.05) is 0 Å². The summed E-state index contributed by atoms with van der Waals surface area (Å²) < 4.78 is 76.0. The van der Waals surface area contributed by atoms with Crippen LogP contribution in [0.3, 0.4) is 0 Å². The highest BCUT2D eigenvalue weighted by Gasteiger charge is 2.34. The van der Waals surface area contributed by atoms with Crippen molar-refractivity contribution in [1.82, 2.24) is 9.29 Å². The summed E-state index contributed by atoms with van der Waals surface area (Å²) in [5.74, 6) is -1.97. The van der Waals surface area contributed by atoms with Gasteiger partial charge in [0.25, 0.3) is 5.91 Å². The zero-order valence-corrected chi connectivity index (χ0v) is 14.4. The zero-order valence-electron chi connectivity index (χ0n) is 12.8. The van der Waals surface area contributed by atoms with E-state index in [9.17, 15) is 30.8 Å². The van der Waals surface area contributed by atoms with E-state index in [1.807, 2.05) is 0 Å². The number of thiazole rings is 1. The molecule has 1 aromatic heterocycles. The Hall–Kier alpha value is -2.05. The number of sulfonamides is 1. The van der Waals surface area contributed by atoms with Crippen molar-refractivity contribution in [1.29, 1.82) is 0 Å². The standard InChI is InChI=1S/C13H11F4N3O3S2/c1-20(2)25(22,23)9-5-7(3-4-8(9)14)11(21)19-12-18-10(6-24-12)13(15,16)17/h3-6H,1-2H3,(H,18,19,21). The van der Waals surface area contributed by atoms with Crippen LogP contribution < -0.4 is 5.32 Å². The van der Waals surface area contributed by atoms with Gasteiger partial charge in [0.2, 0.25) is 10.0 Å². The van der Waals surface area contributed by atoms with Gasteiger partial charge in [-0.05, 0) is 18.2 Å². The third-order valence-electron chi connectivity index (χ3n) is 2.97. The fraction of sp³-hybridized carbons (Fsp3) is 0.231. The average molecular weight is 397 g/mol. The van der Waals surface area contributed by atoms with Crippen molar-refractivity contribution in [2.75, 3.05) is 19.4 Å². The molecule has 2 rings (SSSR count). The quantitative estimate of drug-likeness (QED) is 0.805. The summed E-state index contributed by atoms with van der Waals surface area (Å²) in [4.78, 5) is 14.6. The van der Waals surface area contributed by atoms with Crippen molar-refractivity contribution in [3.63, 3.8) is 0 Å². The molecule has 0 fully saturated rings. The molecule has 0 aliphatic rings. The molecule has 1 amide bonds. The van der Waals surface area contributed by atoms with Crippen LogP contribution in [0, 0.1) is 5.82 Å². The van der Waals surface area contributed by atoms with Crippen LogP contribution in [0.15, 0.2) is 28.5 Å². The Morgan fingerprint density at radius 3 is 2.44 bits per heavy atom. The number of nitrogens with one attached hydrogen (secondary N) is 1. The molecule has 0 saturated carbocycles. The number of aromatic nitrogens is 1. The molecule has 12 heteroatoms. The lowest BCUT2D eigenvalue weighted by Gasteiger charge is -2.13. The predicted molar refractivity (Wildman–Crippen MR) is 82.3 cm³/mol. The molecule has 2 aromatic rings. The van der Waals surface area contributed by atoms with Gasteiger partial charge in [0, 0.05) is 25.0 Å². The van der Waals surface area contributed by atoms with E-state index in [4.69, 9.17) is 0 Å². The van der Waals surface area contributed by atoms with Gasteiger partial charge in [-0.25, -0.2) is 22.1 Å². The Bertz CT molecular complexity index is 907. The summed E-state index contributed by atoms with van der Waals surface area (Å²) in [6, 6.07) is 2.60. The van der Waals surface area contributed by atoms with E-state index in [0.717, 1.165) is 27.9 Å². The lowest BCUT2D eigenvalue weighted by atomic mass is 10.2. The second kappa shape index (κ2) is 6.69. The molecule has 0 saturated heterocycles. The van der Waals surface area contributed by atoms with E-state index in [0.29, 0.717) is 11.3 Å². The van der Waals surface area contributed by atoms with Gasteiger partial charge in [0.15, 0.2) is 10.8 Å². The van der Waals surface area contributed by atoms with E-state index < -0.39 is 38.5 Å². The number of halogens is 4. The summed E-state index contributed by atoms with van der Waals surface area (Å²) in [6.45, 7) is 0. The maximum absolute atomic E-state index is 13.8. The summed E-state index contributed by atoms with van der Waals surface area (Å²) >= 11 is 0.554. The van der Waals surface area contributed by atoms with Crippen LogP contribution in [0.5, 0.6) is 0 Å². The van der Waals surface area contributed by atoms with Crippen LogP contribution >= 0.6 is 11.3 Å². The molecule has 6 nitrogen and oxygen atoms in total. The van der Waals surface area contributed by atoms with Gasteiger partial charge >= 0.3 is 6.18 Å². The second-order valence-electron chi connectivity index (χ2n) is 4.92. The fourth-order valence-electron chi connectivity index (χ4n) is 1.67. The minimum Gasteiger partial charge on any atom is -0.298 e. The second-order valence-corrected chi connectivity index (χ2v) is 7.90. The monoisotopic (exact) mass is 397 g/mol. The number of hydrogen-bond donors (Lipinski definition) is 1. The first-order valence-electron chi connectivity index (χ1n) is 6.49. The molecule has 1 N–H and O–H groups in total. The van der Waals surface area contributed by atoms with Crippen molar-refractivity contribution in [3.05, 3.63) is 40.7 Å². The van der Waals surface area contributed by atoms with Gasteiger partial charge in [0.05, 0.1) is 0 Å². The largest absolute Gasteiger partial charge is 0.434 e. The van der Waals surface area contributed by atoms with Crippen LogP contribution in [0.25, 0.3) is 0 Å². The van der Waals surface area contributed by atoms with Gasteiger partial charge in [-0.3, -0.25) is 10.1 Å². The van der Waals surface area contributed by atoms with E-state index in [2.05, 4.69) is 10.3 Å². The van der Waals surface area contributed by atoms with Crippen LogP contribution in [-0.4, -0.2) is 37.7 Å². The van der Waals surface area contributed by atoms with E-state index in [-0.39, 0.29) is 10.7 Å². The number of benzene rings is 1. The Labute approximate surface area is 144 Å². The molecule has 0 spiro atoms. The first-order chi connectivity index (χ1) is 11.4. The summed E-state index contributed by atoms with van der Waals surface area (Å²) in [5, 5.41) is 2.52. The van der Waals surface area contributed by atoms with Crippen LogP contribution in [0.2, 0.25) is 0 Å². The molecule has 0 bridgehead atoms. The number of amides is 1. The molecule has 1 aromatic carbocycles. The molecule has 136 valence electrons. The molecular formula is C13H11F4N3O3S2. The Balaban J connectivity index is 2.30. The van der Waals surface area contributed by atoms with Crippen LogP contribution in [0.1, 0.15) is 16.1 Å². The molecular weight excluding hydrogens is 386 g/mol. The van der Waals surface area contributed by atoms with Crippen molar-refractivity contribution in [2.24, 2.45) is 0 Å². The maximum atomic E-state index is 13.8. The molecule has 0 unspecified atom stereocenters. The Kier molecular flexibility index (Phi) is 5.16. The molecule has 0 aliphatic carbocycles. The minimum absolute atomic E-state index is 0.245. The van der Waals surface area contributed by atoms with Crippen LogP contribution in [0.4, 0.5) is 22.7 Å². The number of carbonyl (C=O) groups is 1. The average Bonchev–Trinajstić information content (AvgIpc) is 2.95. The molecule has 25 heavy (non-hydrogen) atoms. The highest BCUT2D eigenvalue weighted by molar-refractivity contribution is 7.89. The summed E-state index contributed by atoms with van der Waals surface area (Å²) in [6.07, 6.45) is -4.65. The van der Waals surface area contributed by atoms with Gasteiger partial charge < -0.3 is 0 Å². The third kappa shape index (κ3) is 4.14. The minimum atomic E-state index is -4.65. The Morgan fingerprint density at radius 1 is 1.28 bits per heavy atom. The summed E-state index contributed by atoms with van der Waals surface area (Å²) in [7, 11) is -1.75. The number of anilines is 1. The molecule has 0 atom stereocenters. The number of alkyl halides is 3. The van der Waals surface area contributed by atoms with Gasteiger partial charge in [0.1, 0.15) is 10.7 Å². The Morgan fingerprint density at radius 2 is 1.92 bits per heavy atom. The smallest absolute Gasteiger partial charge is 0.298 e. The predicted octanol–water partition coefficient (Wildman–Crippen LogP) is 2.80. The molecule has 0 radical (unpaired) electrons. The summed E-state index contributed by atoms with van der Waals surface area (Å²) in [5.41, 5.74) is -1.41. The van der Waals surface area contributed by atoms with E-state index in [1.165, 1.54) is 14.1 Å². The van der Waals surface area contributed by atoms with E-state index >= 15 is 0 Å². The number of rotatable bonds is 4. The lowest BCUT2D eigenvalue weighted by Crippen LogP contribution is -2.24. The first-order valence-corrected chi connectivity index (χ1v) is 8.81. The zero-order chi connectivity index (χ0) is 19.0. The van der Waals surface area contributed by atoms with Gasteiger partial charge in [-0.15, -0.1) is 11.3 Å². The SMILES string of the molecule is CN(C)S(=O)(=O)c1cc(C(=O)Nc2nc(C(F)(F)F)cs2)ccc1F. The number of nitrogens with zero attached hydrogens (tertiary/aromatic N) is 2. The van der Waals surface area contributed by atoms with Crippen molar-refractivity contribution in [2.45, 2.75) is 11.1 Å². The van der Waals surface area contributed by atoms with E-state index in [1.54, 1.807) is 0 Å². The van der Waals surface area contributed by atoms with Gasteiger partial charge in [-0.2, -0.15) is 13.2 Å². The third-order valence-corrected chi connectivity index (χ3v) is 5.55.